The van der Waals surface area contributed by atoms with Crippen LogP contribution in [-0.4, -0.2) is 35.6 Å². The Kier molecular flexibility index (Phi) is 3.39. The van der Waals surface area contributed by atoms with E-state index in [1.807, 2.05) is 0 Å². The van der Waals surface area contributed by atoms with E-state index in [-0.39, 0.29) is 0 Å². The molecule has 0 bridgehead atoms. The zero-order valence-corrected chi connectivity index (χ0v) is 10.3. The highest BCUT2D eigenvalue weighted by atomic mass is 15.3. The van der Waals surface area contributed by atoms with Gasteiger partial charge in [-0.25, -0.2) is 9.97 Å². The van der Waals surface area contributed by atoms with Crippen molar-refractivity contribution in [2.45, 2.75) is 32.7 Å². The molecule has 0 aliphatic carbocycles. The quantitative estimate of drug-likeness (QED) is 0.818. The second-order valence-corrected chi connectivity index (χ2v) is 4.70. The average Bonchev–Trinajstić information content (AvgIpc) is 2.30. The fourth-order valence-electron chi connectivity index (χ4n) is 2.02. The van der Waals surface area contributed by atoms with Crippen LogP contribution in [0.2, 0.25) is 0 Å². The molecule has 1 atom stereocenters. The SMILES string of the molecule is CC(C)c1cc(N2CCNCC2C)ncn1. The third-order valence-electron chi connectivity index (χ3n) is 3.06. The van der Waals surface area contributed by atoms with Gasteiger partial charge in [0.05, 0.1) is 0 Å². The zero-order chi connectivity index (χ0) is 11.5. The van der Waals surface area contributed by atoms with Crippen molar-refractivity contribution in [1.29, 1.82) is 0 Å². The molecule has 1 aromatic heterocycles. The molecule has 1 aliphatic heterocycles. The smallest absolute Gasteiger partial charge is 0.132 e. The standard InChI is InChI=1S/C12H20N4/c1-9(2)11-6-12(15-8-14-11)16-5-4-13-7-10(16)3/h6,8-10,13H,4-5,7H2,1-3H3. The predicted octanol–water partition coefficient (Wildman–Crippen LogP) is 1.40. The molecule has 0 radical (unpaired) electrons. The number of anilines is 1. The molecular formula is C12H20N4. The van der Waals surface area contributed by atoms with Gasteiger partial charge in [-0.05, 0) is 12.8 Å². The van der Waals surface area contributed by atoms with Crippen molar-refractivity contribution >= 4 is 5.82 Å². The molecule has 4 heteroatoms. The predicted molar refractivity (Wildman–Crippen MR) is 65.8 cm³/mol. The Morgan fingerprint density at radius 3 is 2.94 bits per heavy atom. The van der Waals surface area contributed by atoms with E-state index in [1.165, 1.54) is 0 Å². The minimum Gasteiger partial charge on any atom is -0.351 e. The Balaban J connectivity index is 2.21. The molecular weight excluding hydrogens is 200 g/mol. The molecule has 1 aromatic rings. The highest BCUT2D eigenvalue weighted by Crippen LogP contribution is 2.19. The average molecular weight is 220 g/mol. The van der Waals surface area contributed by atoms with Crippen LogP contribution in [0.25, 0.3) is 0 Å². The minimum absolute atomic E-state index is 0.458. The first kappa shape index (κ1) is 11.3. The molecule has 16 heavy (non-hydrogen) atoms. The van der Waals surface area contributed by atoms with Gasteiger partial charge in [0.25, 0.3) is 0 Å². The molecule has 1 fully saturated rings. The fraction of sp³-hybridized carbons (Fsp3) is 0.667. The molecule has 2 rings (SSSR count). The van der Waals surface area contributed by atoms with Crippen LogP contribution in [0.3, 0.4) is 0 Å². The summed E-state index contributed by atoms with van der Waals surface area (Å²) < 4.78 is 0. The number of piperazine rings is 1. The maximum Gasteiger partial charge on any atom is 0.132 e. The molecule has 1 aliphatic rings. The van der Waals surface area contributed by atoms with Gasteiger partial charge < -0.3 is 10.2 Å². The van der Waals surface area contributed by atoms with Gasteiger partial charge in [-0.1, -0.05) is 13.8 Å². The van der Waals surface area contributed by atoms with Crippen molar-refractivity contribution in [2.24, 2.45) is 0 Å². The lowest BCUT2D eigenvalue weighted by atomic mass is 10.1. The number of hydrogen-bond acceptors (Lipinski definition) is 4. The molecule has 0 amide bonds. The molecule has 1 N–H and O–H groups in total. The van der Waals surface area contributed by atoms with Crippen LogP contribution in [0.4, 0.5) is 5.82 Å². The van der Waals surface area contributed by atoms with E-state index >= 15 is 0 Å². The summed E-state index contributed by atoms with van der Waals surface area (Å²) in [6.45, 7) is 9.63. The van der Waals surface area contributed by atoms with Gasteiger partial charge in [0.2, 0.25) is 0 Å². The van der Waals surface area contributed by atoms with Gasteiger partial charge in [0.1, 0.15) is 12.1 Å². The van der Waals surface area contributed by atoms with Gasteiger partial charge in [-0.15, -0.1) is 0 Å². The van der Waals surface area contributed by atoms with Crippen molar-refractivity contribution in [1.82, 2.24) is 15.3 Å². The lowest BCUT2D eigenvalue weighted by Crippen LogP contribution is -2.50. The largest absolute Gasteiger partial charge is 0.351 e. The Hall–Kier alpha value is -1.16. The fourth-order valence-corrected chi connectivity index (χ4v) is 2.02. The van der Waals surface area contributed by atoms with E-state index < -0.39 is 0 Å². The van der Waals surface area contributed by atoms with Crippen molar-refractivity contribution < 1.29 is 0 Å². The van der Waals surface area contributed by atoms with Crippen molar-refractivity contribution in [3.63, 3.8) is 0 Å². The molecule has 4 nitrogen and oxygen atoms in total. The van der Waals surface area contributed by atoms with E-state index in [4.69, 9.17) is 0 Å². The Bertz CT molecular complexity index is 351. The number of rotatable bonds is 2. The maximum atomic E-state index is 4.38. The summed E-state index contributed by atoms with van der Waals surface area (Å²) in [6.07, 6.45) is 1.68. The summed E-state index contributed by atoms with van der Waals surface area (Å²) >= 11 is 0. The normalized spacial score (nSPS) is 21.5. The van der Waals surface area contributed by atoms with Crippen LogP contribution in [-0.2, 0) is 0 Å². The van der Waals surface area contributed by atoms with Crippen LogP contribution in [0.15, 0.2) is 12.4 Å². The lowest BCUT2D eigenvalue weighted by Gasteiger charge is -2.35. The third-order valence-corrected chi connectivity index (χ3v) is 3.06. The first-order chi connectivity index (χ1) is 7.68. The molecule has 1 saturated heterocycles. The summed E-state index contributed by atoms with van der Waals surface area (Å²) in [7, 11) is 0. The second-order valence-electron chi connectivity index (χ2n) is 4.70. The summed E-state index contributed by atoms with van der Waals surface area (Å²) in [6, 6.07) is 2.62. The summed E-state index contributed by atoms with van der Waals surface area (Å²) in [5.74, 6) is 1.52. The third kappa shape index (κ3) is 2.32. The van der Waals surface area contributed by atoms with E-state index in [2.05, 4.69) is 47.0 Å². The lowest BCUT2D eigenvalue weighted by molar-refractivity contribution is 0.496. The molecule has 1 unspecified atom stereocenters. The molecule has 2 heterocycles. The van der Waals surface area contributed by atoms with Gasteiger partial charge in [0, 0.05) is 37.4 Å². The first-order valence-corrected chi connectivity index (χ1v) is 5.98. The van der Waals surface area contributed by atoms with Crippen LogP contribution in [0.5, 0.6) is 0 Å². The van der Waals surface area contributed by atoms with Crippen molar-refractivity contribution in [3.05, 3.63) is 18.1 Å². The van der Waals surface area contributed by atoms with Crippen LogP contribution >= 0.6 is 0 Å². The Morgan fingerprint density at radius 1 is 1.44 bits per heavy atom. The second kappa shape index (κ2) is 4.78. The highest BCUT2D eigenvalue weighted by Gasteiger charge is 2.19. The summed E-state index contributed by atoms with van der Waals surface area (Å²) in [5.41, 5.74) is 1.12. The number of aromatic nitrogens is 2. The van der Waals surface area contributed by atoms with Crippen molar-refractivity contribution in [2.75, 3.05) is 24.5 Å². The topological polar surface area (TPSA) is 41.0 Å². The Labute approximate surface area is 97.1 Å². The van der Waals surface area contributed by atoms with Crippen molar-refractivity contribution in [3.8, 4) is 0 Å². The number of hydrogen-bond donors (Lipinski definition) is 1. The Morgan fingerprint density at radius 2 is 2.25 bits per heavy atom. The van der Waals surface area contributed by atoms with Gasteiger partial charge >= 0.3 is 0 Å². The monoisotopic (exact) mass is 220 g/mol. The highest BCUT2D eigenvalue weighted by molar-refractivity contribution is 5.41. The van der Waals surface area contributed by atoms with Crippen LogP contribution in [0, 0.1) is 0 Å². The van der Waals surface area contributed by atoms with Crippen LogP contribution < -0.4 is 10.2 Å². The van der Waals surface area contributed by atoms with E-state index in [9.17, 15) is 0 Å². The molecule has 0 spiro atoms. The molecule has 0 aromatic carbocycles. The first-order valence-electron chi connectivity index (χ1n) is 5.98. The molecule has 88 valence electrons. The van der Waals surface area contributed by atoms with Gasteiger partial charge in [-0.2, -0.15) is 0 Å². The minimum atomic E-state index is 0.458. The van der Waals surface area contributed by atoms with Gasteiger partial charge in [-0.3, -0.25) is 0 Å². The van der Waals surface area contributed by atoms with E-state index in [0.717, 1.165) is 31.1 Å². The number of nitrogens with zero attached hydrogens (tertiary/aromatic N) is 3. The molecule has 0 saturated carbocycles. The number of nitrogens with one attached hydrogen (secondary N) is 1. The van der Waals surface area contributed by atoms with E-state index in [0.29, 0.717) is 12.0 Å². The summed E-state index contributed by atoms with van der Waals surface area (Å²) in [5, 5.41) is 3.39. The van der Waals surface area contributed by atoms with Crippen LogP contribution in [0.1, 0.15) is 32.4 Å². The van der Waals surface area contributed by atoms with E-state index in [1.54, 1.807) is 6.33 Å². The zero-order valence-electron chi connectivity index (χ0n) is 10.3. The van der Waals surface area contributed by atoms with Gasteiger partial charge in [0.15, 0.2) is 0 Å². The summed E-state index contributed by atoms with van der Waals surface area (Å²) in [4.78, 5) is 11.0. The maximum absolute atomic E-state index is 4.38.